The number of hydrogen-bond donors (Lipinski definition) is 1. The maximum absolute atomic E-state index is 12.7. The summed E-state index contributed by atoms with van der Waals surface area (Å²) in [6, 6.07) is 1.76. The molecule has 1 N–H and O–H groups in total. The predicted molar refractivity (Wildman–Crippen MR) is 95.4 cm³/mol. The molecule has 2 aromatic heterocycles. The van der Waals surface area contributed by atoms with E-state index in [1.54, 1.807) is 44.0 Å². The second kappa shape index (κ2) is 7.73. The van der Waals surface area contributed by atoms with Crippen LogP contribution in [0.4, 0.5) is 0 Å². The van der Waals surface area contributed by atoms with Crippen molar-refractivity contribution >= 4 is 10.0 Å². The molecule has 0 amide bonds. The number of nitrogens with zero attached hydrogens (tertiary/aromatic N) is 3. The minimum Gasteiger partial charge on any atom is -0.491 e. The first-order chi connectivity index (χ1) is 12.4. The van der Waals surface area contributed by atoms with Crippen molar-refractivity contribution < 1.29 is 17.9 Å². The molecule has 142 valence electrons. The zero-order valence-electron chi connectivity index (χ0n) is 15.2. The van der Waals surface area contributed by atoms with E-state index in [9.17, 15) is 8.42 Å². The molecule has 1 atom stereocenters. The molecule has 8 nitrogen and oxygen atoms in total. The van der Waals surface area contributed by atoms with E-state index in [1.165, 1.54) is 0 Å². The molecule has 1 saturated heterocycles. The van der Waals surface area contributed by atoms with Crippen LogP contribution in [0, 0.1) is 19.8 Å². The van der Waals surface area contributed by atoms with Gasteiger partial charge in [-0.05, 0) is 26.3 Å². The van der Waals surface area contributed by atoms with E-state index in [0.29, 0.717) is 36.3 Å². The lowest BCUT2D eigenvalue weighted by atomic mass is 10.1. The standard InChI is InChI=1S/C17H24N4O4S/c1-12-17(13(2)21(3)20-12)26(22,23)19-8-15-4-6-18-9-16(15)25-11-14-5-7-24-10-14/h4,6,9,14,19H,5,7-8,10-11H2,1-3H3. The fraction of sp³-hybridized carbons (Fsp3) is 0.529. The predicted octanol–water partition coefficient (Wildman–Crippen LogP) is 1.33. The van der Waals surface area contributed by atoms with E-state index < -0.39 is 10.0 Å². The number of hydrogen-bond acceptors (Lipinski definition) is 6. The smallest absolute Gasteiger partial charge is 0.244 e. The molecule has 0 aromatic carbocycles. The van der Waals surface area contributed by atoms with E-state index in [-0.39, 0.29) is 11.4 Å². The number of aromatic nitrogens is 3. The first-order valence-corrected chi connectivity index (χ1v) is 10.00. The Kier molecular flexibility index (Phi) is 5.59. The van der Waals surface area contributed by atoms with E-state index >= 15 is 0 Å². The maximum atomic E-state index is 12.7. The first kappa shape index (κ1) is 18.8. The van der Waals surface area contributed by atoms with Crippen LogP contribution in [-0.4, -0.2) is 43.0 Å². The quantitative estimate of drug-likeness (QED) is 0.778. The zero-order valence-corrected chi connectivity index (χ0v) is 16.0. The van der Waals surface area contributed by atoms with Gasteiger partial charge in [0.1, 0.15) is 10.6 Å². The molecular weight excluding hydrogens is 356 g/mol. The zero-order chi connectivity index (χ0) is 18.7. The van der Waals surface area contributed by atoms with Gasteiger partial charge in [-0.2, -0.15) is 5.10 Å². The molecule has 1 aliphatic rings. The molecule has 1 fully saturated rings. The molecule has 3 rings (SSSR count). The monoisotopic (exact) mass is 380 g/mol. The van der Waals surface area contributed by atoms with Crippen LogP contribution in [0.2, 0.25) is 0 Å². The van der Waals surface area contributed by atoms with Gasteiger partial charge in [-0.3, -0.25) is 9.67 Å². The molecule has 0 saturated carbocycles. The lowest BCUT2D eigenvalue weighted by Gasteiger charge is -2.14. The number of rotatable bonds is 7. The normalized spacial score (nSPS) is 17.6. The summed E-state index contributed by atoms with van der Waals surface area (Å²) in [5, 5.41) is 4.17. The maximum Gasteiger partial charge on any atom is 0.244 e. The Morgan fingerprint density at radius 1 is 1.42 bits per heavy atom. The third kappa shape index (κ3) is 4.05. The van der Waals surface area contributed by atoms with Crippen molar-refractivity contribution in [2.45, 2.75) is 31.7 Å². The highest BCUT2D eigenvalue weighted by Crippen LogP contribution is 2.22. The average molecular weight is 380 g/mol. The van der Waals surface area contributed by atoms with E-state index in [2.05, 4.69) is 14.8 Å². The first-order valence-electron chi connectivity index (χ1n) is 8.52. The van der Waals surface area contributed by atoms with Crippen molar-refractivity contribution in [2.75, 3.05) is 19.8 Å². The minimum absolute atomic E-state index is 0.120. The fourth-order valence-electron chi connectivity index (χ4n) is 3.00. The van der Waals surface area contributed by atoms with Crippen molar-refractivity contribution in [1.82, 2.24) is 19.5 Å². The number of aryl methyl sites for hydroxylation is 2. The molecule has 0 aliphatic carbocycles. The Morgan fingerprint density at radius 2 is 2.23 bits per heavy atom. The Hall–Kier alpha value is -1.97. The molecule has 26 heavy (non-hydrogen) atoms. The summed E-state index contributed by atoms with van der Waals surface area (Å²) in [7, 11) is -1.95. The van der Waals surface area contributed by atoms with Crippen LogP contribution in [0.3, 0.4) is 0 Å². The van der Waals surface area contributed by atoms with Crippen molar-refractivity contribution in [3.8, 4) is 5.75 Å². The van der Waals surface area contributed by atoms with Gasteiger partial charge in [0.15, 0.2) is 0 Å². The average Bonchev–Trinajstić information content (AvgIpc) is 3.20. The van der Waals surface area contributed by atoms with Crippen molar-refractivity contribution in [1.29, 1.82) is 0 Å². The third-order valence-corrected chi connectivity index (χ3v) is 6.19. The van der Waals surface area contributed by atoms with Gasteiger partial charge in [-0.1, -0.05) is 0 Å². The van der Waals surface area contributed by atoms with Gasteiger partial charge in [0, 0.05) is 37.9 Å². The minimum atomic E-state index is -3.68. The van der Waals surface area contributed by atoms with Gasteiger partial charge in [0.2, 0.25) is 10.0 Å². The summed E-state index contributed by atoms with van der Waals surface area (Å²) in [4.78, 5) is 4.30. The molecule has 1 aliphatic heterocycles. The van der Waals surface area contributed by atoms with Crippen molar-refractivity contribution in [3.63, 3.8) is 0 Å². The summed E-state index contributed by atoms with van der Waals surface area (Å²) < 4.78 is 40.8. The summed E-state index contributed by atoms with van der Waals surface area (Å²) in [5.74, 6) is 0.946. The lowest BCUT2D eigenvalue weighted by molar-refractivity contribution is 0.166. The molecule has 3 heterocycles. The van der Waals surface area contributed by atoms with Crippen LogP contribution < -0.4 is 9.46 Å². The van der Waals surface area contributed by atoms with Gasteiger partial charge in [-0.15, -0.1) is 0 Å². The van der Waals surface area contributed by atoms with Crippen molar-refractivity contribution in [3.05, 3.63) is 35.4 Å². The molecule has 0 spiro atoms. The van der Waals surface area contributed by atoms with Crippen LogP contribution in [0.1, 0.15) is 23.4 Å². The van der Waals surface area contributed by atoms with E-state index in [1.807, 2.05) is 0 Å². The molecule has 0 bridgehead atoms. The molecular formula is C17H24N4O4S. The topological polar surface area (TPSA) is 95.3 Å². The van der Waals surface area contributed by atoms with Gasteiger partial charge in [0.25, 0.3) is 0 Å². The highest BCUT2D eigenvalue weighted by molar-refractivity contribution is 7.89. The largest absolute Gasteiger partial charge is 0.491 e. The number of sulfonamides is 1. The summed E-state index contributed by atoms with van der Waals surface area (Å²) in [6.07, 6.45) is 4.21. The van der Waals surface area contributed by atoms with E-state index in [4.69, 9.17) is 9.47 Å². The molecule has 0 radical (unpaired) electrons. The highest BCUT2D eigenvalue weighted by atomic mass is 32.2. The van der Waals surface area contributed by atoms with Crippen LogP contribution in [0.25, 0.3) is 0 Å². The number of ether oxygens (including phenoxy) is 2. The second-order valence-corrected chi connectivity index (χ2v) is 8.18. The van der Waals surface area contributed by atoms with Crippen molar-refractivity contribution in [2.24, 2.45) is 13.0 Å². The Morgan fingerprint density at radius 3 is 2.88 bits per heavy atom. The Labute approximate surface area is 153 Å². The number of nitrogens with one attached hydrogen (secondary N) is 1. The third-order valence-electron chi connectivity index (χ3n) is 4.53. The van der Waals surface area contributed by atoms with Gasteiger partial charge < -0.3 is 9.47 Å². The summed E-state index contributed by atoms with van der Waals surface area (Å²) in [5.41, 5.74) is 1.81. The van der Waals surface area contributed by atoms with Crippen LogP contribution in [0.15, 0.2) is 23.4 Å². The summed E-state index contributed by atoms with van der Waals surface area (Å²) in [6.45, 7) is 5.53. The second-order valence-electron chi connectivity index (χ2n) is 6.47. The lowest BCUT2D eigenvalue weighted by Crippen LogP contribution is -2.25. The summed E-state index contributed by atoms with van der Waals surface area (Å²) >= 11 is 0. The number of pyridine rings is 1. The molecule has 9 heteroatoms. The van der Waals surface area contributed by atoms with Crippen LogP contribution in [0.5, 0.6) is 5.75 Å². The van der Waals surface area contributed by atoms with Gasteiger partial charge in [-0.25, -0.2) is 13.1 Å². The molecule has 2 aromatic rings. The highest BCUT2D eigenvalue weighted by Gasteiger charge is 2.24. The van der Waals surface area contributed by atoms with Gasteiger partial charge >= 0.3 is 0 Å². The Balaban J connectivity index is 1.71. The van der Waals surface area contributed by atoms with Crippen LogP contribution in [-0.2, 0) is 28.4 Å². The van der Waals surface area contributed by atoms with E-state index in [0.717, 1.165) is 18.6 Å². The fourth-order valence-corrected chi connectivity index (χ4v) is 4.44. The van der Waals surface area contributed by atoms with Gasteiger partial charge in [0.05, 0.1) is 30.8 Å². The SMILES string of the molecule is Cc1nn(C)c(C)c1S(=O)(=O)NCc1ccncc1OCC1CCOC1. The van der Waals surface area contributed by atoms with Crippen LogP contribution >= 0.6 is 0 Å². The Bertz CT molecular complexity index is 873. The molecule has 1 unspecified atom stereocenters.